The summed E-state index contributed by atoms with van der Waals surface area (Å²) in [5.41, 5.74) is 0.611. The number of hydrogen-bond donors (Lipinski definition) is 5. The van der Waals surface area contributed by atoms with Crippen LogP contribution < -0.4 is 30.7 Å². The summed E-state index contributed by atoms with van der Waals surface area (Å²) in [6, 6.07) is 12.6. The van der Waals surface area contributed by atoms with E-state index in [9.17, 15) is 41.9 Å². The molecule has 3 aromatic rings. The van der Waals surface area contributed by atoms with Gasteiger partial charge in [0.2, 0.25) is 11.8 Å². The number of rotatable bonds is 17. The van der Waals surface area contributed by atoms with Crippen LogP contribution in [0.2, 0.25) is 5.02 Å². The second-order valence-electron chi connectivity index (χ2n) is 11.7. The first-order chi connectivity index (χ1) is 24.5. The average Bonchev–Trinajstić information content (AvgIpc) is 3.09. The quantitative estimate of drug-likeness (QED) is 0.138. The lowest BCUT2D eigenvalue weighted by Crippen LogP contribution is -2.55. The molecule has 3 aromatic carbocycles. The molecule has 17 heteroatoms. The maximum atomic E-state index is 14.0. The van der Waals surface area contributed by atoms with Gasteiger partial charge < -0.3 is 35.8 Å². The lowest BCUT2D eigenvalue weighted by atomic mass is 9.97. The van der Waals surface area contributed by atoms with Crippen LogP contribution in [0, 0.1) is 5.92 Å². The maximum Gasteiger partial charge on any atom is 0.452 e. The Bertz CT molecular complexity index is 1770. The third-order valence-corrected chi connectivity index (χ3v) is 7.61. The number of aliphatic carboxylic acids is 1. The van der Waals surface area contributed by atoms with Crippen molar-refractivity contribution >= 4 is 47.0 Å². The number of benzene rings is 3. The van der Waals surface area contributed by atoms with Crippen LogP contribution in [0.3, 0.4) is 0 Å². The minimum atomic E-state index is -5.25. The van der Waals surface area contributed by atoms with Gasteiger partial charge in [0.1, 0.15) is 30.1 Å². The molecule has 0 saturated carbocycles. The van der Waals surface area contributed by atoms with E-state index in [0.29, 0.717) is 16.3 Å². The smallest absolute Gasteiger partial charge is 0.452 e. The van der Waals surface area contributed by atoms with E-state index in [1.807, 2.05) is 0 Å². The Labute approximate surface area is 301 Å². The van der Waals surface area contributed by atoms with Gasteiger partial charge in [-0.3, -0.25) is 28.8 Å². The molecule has 0 fully saturated rings. The van der Waals surface area contributed by atoms with Crippen molar-refractivity contribution < 1.29 is 56.5 Å². The van der Waals surface area contributed by atoms with E-state index < -0.39 is 78.8 Å². The van der Waals surface area contributed by atoms with E-state index in [-0.39, 0.29) is 23.3 Å². The van der Waals surface area contributed by atoms with Crippen LogP contribution in [0.4, 0.5) is 13.2 Å². The Morgan fingerprint density at radius 3 is 2.12 bits per heavy atom. The van der Waals surface area contributed by atoms with E-state index in [1.54, 1.807) is 24.3 Å². The molecule has 3 atom stereocenters. The average molecular weight is 749 g/mol. The minimum Gasteiger partial charge on any atom is -0.497 e. The van der Waals surface area contributed by atoms with Gasteiger partial charge in [-0.15, -0.1) is 0 Å². The number of ether oxygens (including phenoxy) is 2. The van der Waals surface area contributed by atoms with Crippen molar-refractivity contribution in [3.63, 3.8) is 0 Å². The van der Waals surface area contributed by atoms with Crippen LogP contribution in [0.5, 0.6) is 11.5 Å². The molecule has 278 valence electrons. The maximum absolute atomic E-state index is 14.0. The summed E-state index contributed by atoms with van der Waals surface area (Å²) in [6.45, 7) is 1.46. The largest absolute Gasteiger partial charge is 0.497 e. The highest BCUT2D eigenvalue weighted by molar-refractivity contribution is 6.30. The molecule has 0 aliphatic rings. The number of carbonyl (C=O) groups is 6. The van der Waals surface area contributed by atoms with Crippen molar-refractivity contribution in [2.45, 2.75) is 44.6 Å². The van der Waals surface area contributed by atoms with E-state index in [0.717, 1.165) is 0 Å². The van der Waals surface area contributed by atoms with Crippen LogP contribution in [0.25, 0.3) is 0 Å². The molecule has 0 aromatic heterocycles. The van der Waals surface area contributed by atoms with Crippen LogP contribution >= 0.6 is 11.6 Å². The summed E-state index contributed by atoms with van der Waals surface area (Å²) in [6.07, 6.45) is -5.40. The topological polar surface area (TPSA) is 189 Å². The normalized spacial score (nSPS) is 12.8. The second-order valence-corrected chi connectivity index (χ2v) is 12.1. The first-order valence-electron chi connectivity index (χ1n) is 15.6. The molecule has 0 aliphatic heterocycles. The van der Waals surface area contributed by atoms with Crippen molar-refractivity contribution in [2.75, 3.05) is 20.3 Å². The fourth-order valence-electron chi connectivity index (χ4n) is 4.74. The van der Waals surface area contributed by atoms with E-state index in [2.05, 4.69) is 21.3 Å². The van der Waals surface area contributed by atoms with Gasteiger partial charge in [0.15, 0.2) is 6.61 Å². The summed E-state index contributed by atoms with van der Waals surface area (Å²) >= 11 is 6.15. The zero-order valence-electron chi connectivity index (χ0n) is 28.1. The summed E-state index contributed by atoms with van der Waals surface area (Å²) < 4.78 is 50.7. The number of methoxy groups -OCH3 is 1. The Kier molecular flexibility index (Phi) is 14.6. The number of ketones is 1. The van der Waals surface area contributed by atoms with Crippen LogP contribution in [0.1, 0.15) is 41.4 Å². The van der Waals surface area contributed by atoms with Crippen molar-refractivity contribution in [3.05, 3.63) is 94.5 Å². The standard InChI is InChI=1S/C35H36ClF3N4O9/c1-19(2)29(31(47)35(37,38)39)42-34(50)30(21-10-12-24(51-3)13-11-21)43-33(49)26(15-20-6-4-8-23(36)14-20)41-32(48)22-7-5-9-25(16-22)52-18-27(44)40-17-28(45)46/h4-14,16,19,26,29-30H,15,17-18H2,1-3H3,(H,40,44)(H,41,48)(H,42,50)(H,43,49)(H,45,46)/t26-,29-,30-/m0/s1. The molecular weight excluding hydrogens is 713 g/mol. The first kappa shape index (κ1) is 40.8. The second kappa shape index (κ2) is 18.6. The Morgan fingerprint density at radius 2 is 1.52 bits per heavy atom. The lowest BCUT2D eigenvalue weighted by molar-refractivity contribution is -0.175. The molecule has 4 amide bonds. The number of Topliss-reactive ketones (excluding diaryl/α,β-unsaturated/α-hetero) is 1. The number of hydrogen-bond acceptors (Lipinski definition) is 8. The number of carbonyl (C=O) groups excluding carboxylic acids is 5. The van der Waals surface area contributed by atoms with Crippen molar-refractivity contribution in [1.29, 1.82) is 0 Å². The summed E-state index contributed by atoms with van der Waals surface area (Å²) in [5.74, 6) is -7.52. The highest BCUT2D eigenvalue weighted by Gasteiger charge is 2.45. The lowest BCUT2D eigenvalue weighted by Gasteiger charge is -2.27. The number of alkyl halides is 3. The Balaban J connectivity index is 1.92. The predicted octanol–water partition coefficient (Wildman–Crippen LogP) is 3.40. The predicted molar refractivity (Wildman–Crippen MR) is 181 cm³/mol. The number of amides is 4. The molecule has 0 bridgehead atoms. The molecule has 0 heterocycles. The highest BCUT2D eigenvalue weighted by atomic mass is 35.5. The number of carboxylic acid groups (broad SMARTS) is 1. The number of nitrogens with one attached hydrogen (secondary N) is 4. The van der Waals surface area contributed by atoms with Gasteiger partial charge in [0.25, 0.3) is 17.6 Å². The molecule has 13 nitrogen and oxygen atoms in total. The molecule has 0 radical (unpaired) electrons. The fourth-order valence-corrected chi connectivity index (χ4v) is 4.95. The summed E-state index contributed by atoms with van der Waals surface area (Å²) in [4.78, 5) is 75.8. The van der Waals surface area contributed by atoms with E-state index >= 15 is 0 Å². The van der Waals surface area contributed by atoms with Gasteiger partial charge in [-0.1, -0.05) is 55.8 Å². The molecule has 3 rings (SSSR count). The molecule has 5 N–H and O–H groups in total. The van der Waals surface area contributed by atoms with Gasteiger partial charge in [-0.2, -0.15) is 13.2 Å². The monoisotopic (exact) mass is 748 g/mol. The van der Waals surface area contributed by atoms with E-state index in [1.165, 1.54) is 69.5 Å². The molecule has 0 aliphatic carbocycles. The zero-order valence-corrected chi connectivity index (χ0v) is 28.8. The molecular formula is C35H36ClF3N4O9. The third kappa shape index (κ3) is 12.3. The number of halogens is 4. The minimum absolute atomic E-state index is 0.0118. The third-order valence-electron chi connectivity index (χ3n) is 7.38. The van der Waals surface area contributed by atoms with Crippen molar-refractivity contribution in [1.82, 2.24) is 21.3 Å². The van der Waals surface area contributed by atoms with Crippen LogP contribution in [-0.2, 0) is 30.4 Å². The Morgan fingerprint density at radius 1 is 0.846 bits per heavy atom. The van der Waals surface area contributed by atoms with Crippen molar-refractivity contribution in [2.24, 2.45) is 5.92 Å². The first-order valence-corrected chi connectivity index (χ1v) is 16.0. The SMILES string of the molecule is COc1ccc([C@H](NC(=O)[C@H](Cc2cccc(Cl)c2)NC(=O)c2cccc(OCC(=O)NCC(=O)O)c2)C(=O)N[C@H](C(=O)C(F)(F)F)C(C)C)cc1. The fraction of sp³-hybridized carbons (Fsp3) is 0.314. The molecule has 0 unspecified atom stereocenters. The molecule has 0 spiro atoms. The van der Waals surface area contributed by atoms with Crippen LogP contribution in [0.15, 0.2) is 72.8 Å². The Hall–Kier alpha value is -5.64. The summed E-state index contributed by atoms with van der Waals surface area (Å²) in [7, 11) is 1.39. The van der Waals surface area contributed by atoms with Crippen LogP contribution in [-0.4, -0.2) is 79.0 Å². The van der Waals surface area contributed by atoms with Gasteiger partial charge in [0.05, 0.1) is 13.2 Å². The van der Waals surface area contributed by atoms with Gasteiger partial charge in [-0.25, -0.2) is 0 Å². The van der Waals surface area contributed by atoms with Gasteiger partial charge in [0, 0.05) is 17.0 Å². The number of carboxylic acids is 1. The summed E-state index contributed by atoms with van der Waals surface area (Å²) in [5, 5.41) is 18.4. The van der Waals surface area contributed by atoms with E-state index in [4.69, 9.17) is 26.2 Å². The van der Waals surface area contributed by atoms with Crippen molar-refractivity contribution in [3.8, 4) is 11.5 Å². The molecule has 0 saturated heterocycles. The van der Waals surface area contributed by atoms with Gasteiger partial charge >= 0.3 is 12.1 Å². The molecule has 52 heavy (non-hydrogen) atoms. The highest BCUT2D eigenvalue weighted by Crippen LogP contribution is 2.24. The van der Waals surface area contributed by atoms with Gasteiger partial charge in [-0.05, 0) is 59.5 Å². The zero-order chi connectivity index (χ0) is 38.6.